The monoisotopic (exact) mass is 400 g/mol. The van der Waals surface area contributed by atoms with Gasteiger partial charge in [0.2, 0.25) is 5.91 Å². The van der Waals surface area contributed by atoms with Gasteiger partial charge in [-0.1, -0.05) is 26.0 Å². The number of nitrogens with zero attached hydrogens (tertiary/aromatic N) is 2. The molecule has 0 spiro atoms. The van der Waals surface area contributed by atoms with Crippen molar-refractivity contribution >= 4 is 23.5 Å². The lowest BCUT2D eigenvalue weighted by atomic mass is 9.69. The van der Waals surface area contributed by atoms with Gasteiger partial charge in [-0.15, -0.1) is 11.8 Å². The fourth-order valence-electron chi connectivity index (χ4n) is 4.60. The number of hydrazine groups is 1. The smallest absolute Gasteiger partial charge is 0.242 e. The van der Waals surface area contributed by atoms with Crippen LogP contribution in [0, 0.1) is 5.41 Å². The van der Waals surface area contributed by atoms with Gasteiger partial charge in [0.05, 0.1) is 13.2 Å². The van der Waals surface area contributed by atoms with E-state index in [1.54, 1.807) is 11.8 Å². The zero-order valence-corrected chi connectivity index (χ0v) is 17.7. The molecule has 5 nitrogen and oxygen atoms in total. The van der Waals surface area contributed by atoms with E-state index in [9.17, 15) is 9.59 Å². The van der Waals surface area contributed by atoms with Gasteiger partial charge in [0.25, 0.3) is 0 Å². The Labute approximate surface area is 171 Å². The Morgan fingerprint density at radius 3 is 2.39 bits per heavy atom. The van der Waals surface area contributed by atoms with Crippen molar-refractivity contribution in [3.8, 4) is 0 Å². The normalized spacial score (nSPS) is 25.8. The summed E-state index contributed by atoms with van der Waals surface area (Å²) in [6, 6.07) is 8.31. The predicted molar refractivity (Wildman–Crippen MR) is 110 cm³/mol. The third kappa shape index (κ3) is 3.65. The largest absolute Gasteiger partial charge is 0.379 e. The van der Waals surface area contributed by atoms with Gasteiger partial charge in [-0.05, 0) is 35.8 Å². The van der Waals surface area contributed by atoms with Crippen molar-refractivity contribution in [3.05, 3.63) is 41.1 Å². The molecule has 1 unspecified atom stereocenters. The van der Waals surface area contributed by atoms with Crippen LogP contribution in [0.2, 0.25) is 0 Å². The number of amides is 1. The van der Waals surface area contributed by atoms with E-state index in [-0.39, 0.29) is 23.0 Å². The van der Waals surface area contributed by atoms with E-state index >= 15 is 0 Å². The molecule has 1 aromatic carbocycles. The molecule has 2 heterocycles. The van der Waals surface area contributed by atoms with Crippen LogP contribution >= 0.6 is 11.8 Å². The van der Waals surface area contributed by atoms with Gasteiger partial charge in [0, 0.05) is 48.0 Å². The van der Waals surface area contributed by atoms with Crippen molar-refractivity contribution in [2.45, 2.75) is 43.9 Å². The molecule has 6 heteroatoms. The molecule has 2 aliphatic heterocycles. The van der Waals surface area contributed by atoms with Gasteiger partial charge < -0.3 is 4.74 Å². The Kier molecular flexibility index (Phi) is 5.38. The number of hydrogen-bond acceptors (Lipinski definition) is 5. The highest BCUT2D eigenvalue weighted by atomic mass is 32.2. The van der Waals surface area contributed by atoms with E-state index < -0.39 is 0 Å². The molecule has 0 aromatic heterocycles. The minimum absolute atomic E-state index is 0.0880. The molecular formula is C22H28N2O3S. The van der Waals surface area contributed by atoms with Crippen LogP contribution < -0.4 is 0 Å². The number of rotatable bonds is 3. The van der Waals surface area contributed by atoms with Gasteiger partial charge in [0.15, 0.2) is 5.78 Å². The van der Waals surface area contributed by atoms with E-state index in [2.05, 4.69) is 43.1 Å². The third-order valence-electron chi connectivity index (χ3n) is 5.90. The van der Waals surface area contributed by atoms with Crippen LogP contribution in [0.1, 0.15) is 44.6 Å². The maximum atomic E-state index is 13.3. The van der Waals surface area contributed by atoms with Crippen LogP contribution in [-0.2, 0) is 14.3 Å². The first-order valence-electron chi connectivity index (χ1n) is 9.95. The minimum atomic E-state index is -0.140. The highest BCUT2D eigenvalue weighted by Crippen LogP contribution is 2.47. The predicted octanol–water partition coefficient (Wildman–Crippen LogP) is 3.61. The summed E-state index contributed by atoms with van der Waals surface area (Å²) in [5, 5.41) is 3.90. The second-order valence-corrected chi connectivity index (χ2v) is 9.48. The maximum absolute atomic E-state index is 13.3. The molecule has 4 rings (SSSR count). The summed E-state index contributed by atoms with van der Waals surface area (Å²) in [5.74, 6) is 0.139. The summed E-state index contributed by atoms with van der Waals surface area (Å²) < 4.78 is 5.47. The van der Waals surface area contributed by atoms with E-state index in [0.29, 0.717) is 39.1 Å². The highest BCUT2D eigenvalue weighted by Gasteiger charge is 2.45. The average molecular weight is 401 g/mol. The number of carbonyl (C=O) groups is 2. The topological polar surface area (TPSA) is 49.9 Å². The van der Waals surface area contributed by atoms with E-state index in [0.717, 1.165) is 23.3 Å². The number of benzene rings is 1. The molecule has 28 heavy (non-hydrogen) atoms. The lowest BCUT2D eigenvalue weighted by molar-refractivity contribution is -0.154. The molecule has 3 aliphatic rings. The fourth-order valence-corrected chi connectivity index (χ4v) is 5.01. The second kappa shape index (κ2) is 7.65. The average Bonchev–Trinajstić information content (AvgIpc) is 2.67. The molecular weight excluding hydrogens is 372 g/mol. The van der Waals surface area contributed by atoms with Crippen LogP contribution in [0.3, 0.4) is 0 Å². The lowest BCUT2D eigenvalue weighted by Gasteiger charge is -2.47. The maximum Gasteiger partial charge on any atom is 0.242 e. The number of allylic oxidation sites excluding steroid dienone is 2. The Bertz CT molecular complexity index is 810. The molecule has 1 aromatic rings. The van der Waals surface area contributed by atoms with Crippen molar-refractivity contribution in [2.75, 3.05) is 32.6 Å². The molecule has 0 bridgehead atoms. The summed E-state index contributed by atoms with van der Waals surface area (Å²) in [7, 11) is 0. The molecule has 1 saturated heterocycles. The van der Waals surface area contributed by atoms with E-state index in [1.165, 1.54) is 4.90 Å². The summed E-state index contributed by atoms with van der Waals surface area (Å²) in [6.45, 7) is 6.84. The Hall–Kier alpha value is -1.63. The summed E-state index contributed by atoms with van der Waals surface area (Å²) in [6.07, 6.45) is 3.68. The molecule has 1 fully saturated rings. The van der Waals surface area contributed by atoms with Crippen molar-refractivity contribution in [2.24, 2.45) is 5.41 Å². The minimum Gasteiger partial charge on any atom is -0.379 e. The number of morpholine rings is 1. The van der Waals surface area contributed by atoms with Crippen LogP contribution in [0.4, 0.5) is 0 Å². The molecule has 1 atom stereocenters. The molecule has 0 radical (unpaired) electrons. The Morgan fingerprint density at radius 1 is 1.07 bits per heavy atom. The zero-order chi connectivity index (χ0) is 19.9. The summed E-state index contributed by atoms with van der Waals surface area (Å²) in [5.41, 5.74) is 2.69. The number of ether oxygens (including phenoxy) is 1. The number of ketones is 1. The first-order chi connectivity index (χ1) is 13.4. The van der Waals surface area contributed by atoms with Gasteiger partial charge in [0.1, 0.15) is 0 Å². The Morgan fingerprint density at radius 2 is 1.75 bits per heavy atom. The van der Waals surface area contributed by atoms with Crippen molar-refractivity contribution in [1.29, 1.82) is 0 Å². The van der Waals surface area contributed by atoms with Gasteiger partial charge >= 0.3 is 0 Å². The fraction of sp³-hybridized carbons (Fsp3) is 0.545. The number of thioether (sulfide) groups is 1. The quantitative estimate of drug-likeness (QED) is 0.726. The molecule has 1 aliphatic carbocycles. The van der Waals surface area contributed by atoms with Gasteiger partial charge in [-0.2, -0.15) is 0 Å². The molecule has 150 valence electrons. The first-order valence-corrected chi connectivity index (χ1v) is 11.2. The van der Waals surface area contributed by atoms with Gasteiger partial charge in [-0.25, -0.2) is 10.0 Å². The third-order valence-corrected chi connectivity index (χ3v) is 6.65. The number of hydrogen-bond donors (Lipinski definition) is 0. The second-order valence-electron chi connectivity index (χ2n) is 8.60. The van der Waals surface area contributed by atoms with Crippen molar-refractivity contribution < 1.29 is 14.3 Å². The van der Waals surface area contributed by atoms with Crippen LogP contribution in [-0.4, -0.2) is 54.3 Å². The molecule has 1 amide bonds. The summed E-state index contributed by atoms with van der Waals surface area (Å²) in [4.78, 5) is 27.7. The van der Waals surface area contributed by atoms with Crippen LogP contribution in [0.15, 0.2) is 40.4 Å². The summed E-state index contributed by atoms with van der Waals surface area (Å²) >= 11 is 1.69. The van der Waals surface area contributed by atoms with Gasteiger partial charge in [-0.3, -0.25) is 9.59 Å². The van der Waals surface area contributed by atoms with Crippen LogP contribution in [0.5, 0.6) is 0 Å². The number of carbonyl (C=O) groups excluding carboxylic acids is 2. The zero-order valence-electron chi connectivity index (χ0n) is 16.9. The van der Waals surface area contributed by atoms with E-state index in [4.69, 9.17) is 4.74 Å². The van der Waals surface area contributed by atoms with Crippen molar-refractivity contribution in [1.82, 2.24) is 10.0 Å². The molecule has 0 saturated carbocycles. The SMILES string of the molecule is CSc1ccc(C2CC(=O)N(N3CCOCC3)C3=C2C(=O)CC(C)(C)C3)cc1. The Balaban J connectivity index is 1.78. The highest BCUT2D eigenvalue weighted by molar-refractivity contribution is 7.98. The van der Waals surface area contributed by atoms with E-state index in [1.807, 2.05) is 11.3 Å². The number of Topliss-reactive ketones (excluding diaryl/α,β-unsaturated/α-hetero) is 1. The molecule has 0 N–H and O–H groups in total. The van der Waals surface area contributed by atoms with Crippen molar-refractivity contribution in [3.63, 3.8) is 0 Å². The van der Waals surface area contributed by atoms with Crippen LogP contribution in [0.25, 0.3) is 0 Å². The lowest BCUT2D eigenvalue weighted by Crippen LogP contribution is -2.55. The standard InChI is InChI=1S/C22H28N2O3S/c1-22(2)13-18-21(19(25)14-22)17(15-4-6-16(28-3)7-5-15)12-20(26)24(18)23-8-10-27-11-9-23/h4-7,17H,8-14H2,1-3H3. The first kappa shape index (κ1) is 19.7.